The third-order valence-corrected chi connectivity index (χ3v) is 2.82. The molecule has 0 saturated carbocycles. The highest BCUT2D eigenvalue weighted by molar-refractivity contribution is 7.91. The van der Waals surface area contributed by atoms with E-state index in [0.29, 0.717) is 0 Å². The SMILES string of the molecule is CC(C)(C(=O)O)S(N)(=O)=O. The highest BCUT2D eigenvalue weighted by Crippen LogP contribution is 2.11. The Morgan fingerprint density at radius 1 is 1.50 bits per heavy atom. The first-order chi connectivity index (χ1) is 4.19. The van der Waals surface area contributed by atoms with Crippen molar-refractivity contribution in [2.24, 2.45) is 5.14 Å². The fraction of sp³-hybridized carbons (Fsp3) is 0.750. The monoisotopic (exact) mass is 167 g/mol. The van der Waals surface area contributed by atoms with Crippen LogP contribution < -0.4 is 5.14 Å². The summed E-state index contributed by atoms with van der Waals surface area (Å²) in [6.07, 6.45) is 0. The molecular weight excluding hydrogens is 158 g/mol. The molecule has 0 aromatic rings. The fourth-order valence-corrected chi connectivity index (χ4v) is 0.365. The minimum atomic E-state index is -4.00. The van der Waals surface area contributed by atoms with Gasteiger partial charge < -0.3 is 5.11 Å². The lowest BCUT2D eigenvalue weighted by molar-refractivity contribution is -0.139. The molecule has 0 fully saturated rings. The summed E-state index contributed by atoms with van der Waals surface area (Å²) in [4.78, 5) is 10.2. The van der Waals surface area contributed by atoms with Crippen molar-refractivity contribution in [2.45, 2.75) is 18.6 Å². The van der Waals surface area contributed by atoms with Crippen LogP contribution in [-0.4, -0.2) is 24.2 Å². The van der Waals surface area contributed by atoms with Gasteiger partial charge in [-0.2, -0.15) is 0 Å². The van der Waals surface area contributed by atoms with Gasteiger partial charge >= 0.3 is 5.97 Å². The lowest BCUT2D eigenvalue weighted by Gasteiger charge is -2.14. The minimum Gasteiger partial charge on any atom is -0.480 e. The van der Waals surface area contributed by atoms with Crippen LogP contribution in [0.5, 0.6) is 0 Å². The van der Waals surface area contributed by atoms with Crippen molar-refractivity contribution in [3.8, 4) is 0 Å². The summed E-state index contributed by atoms with van der Waals surface area (Å²) in [5.41, 5.74) is 0. The number of carboxylic acid groups (broad SMARTS) is 1. The predicted molar refractivity (Wildman–Crippen MR) is 34.8 cm³/mol. The average molecular weight is 167 g/mol. The maximum Gasteiger partial charge on any atom is 0.325 e. The summed E-state index contributed by atoms with van der Waals surface area (Å²) in [6.45, 7) is 2.06. The standard InChI is InChI=1S/C4H9NO4S/c1-4(2,3(6)7)10(5,8)9/h1-2H3,(H,6,7)(H2,5,8,9). The Morgan fingerprint density at radius 2 is 1.80 bits per heavy atom. The van der Waals surface area contributed by atoms with Crippen molar-refractivity contribution in [3.05, 3.63) is 0 Å². The van der Waals surface area contributed by atoms with Crippen molar-refractivity contribution in [2.75, 3.05) is 0 Å². The minimum absolute atomic E-state index is 1.03. The van der Waals surface area contributed by atoms with Crippen LogP contribution in [0, 0.1) is 0 Å². The lowest BCUT2D eigenvalue weighted by atomic mass is 10.2. The van der Waals surface area contributed by atoms with Crippen LogP contribution in [0.25, 0.3) is 0 Å². The number of sulfonamides is 1. The molecule has 0 atom stereocenters. The highest BCUT2D eigenvalue weighted by atomic mass is 32.2. The lowest BCUT2D eigenvalue weighted by Crippen LogP contribution is -2.44. The van der Waals surface area contributed by atoms with Crippen LogP contribution in [0.2, 0.25) is 0 Å². The van der Waals surface area contributed by atoms with E-state index in [4.69, 9.17) is 5.11 Å². The summed E-state index contributed by atoms with van der Waals surface area (Å²) >= 11 is 0. The maximum atomic E-state index is 10.5. The Hall–Kier alpha value is -0.620. The summed E-state index contributed by atoms with van der Waals surface area (Å²) in [5, 5.41) is 12.9. The molecule has 6 heteroatoms. The summed E-state index contributed by atoms with van der Waals surface area (Å²) < 4.78 is 19.1. The molecular formula is C4H9NO4S. The van der Waals surface area contributed by atoms with E-state index in [2.05, 4.69) is 5.14 Å². The first-order valence-electron chi connectivity index (χ1n) is 2.45. The topological polar surface area (TPSA) is 97.5 Å². The van der Waals surface area contributed by atoms with E-state index in [0.717, 1.165) is 13.8 Å². The van der Waals surface area contributed by atoms with Gasteiger partial charge in [-0.1, -0.05) is 0 Å². The zero-order valence-electron chi connectivity index (χ0n) is 5.66. The molecule has 0 bridgehead atoms. The second-order valence-electron chi connectivity index (χ2n) is 2.36. The number of hydrogen-bond acceptors (Lipinski definition) is 3. The van der Waals surface area contributed by atoms with Gasteiger partial charge in [0.25, 0.3) is 0 Å². The van der Waals surface area contributed by atoms with Crippen molar-refractivity contribution in [1.82, 2.24) is 0 Å². The Bertz CT molecular complexity index is 240. The number of carbonyl (C=O) groups is 1. The van der Waals surface area contributed by atoms with Gasteiger partial charge in [0, 0.05) is 0 Å². The molecule has 5 nitrogen and oxygen atoms in total. The van der Waals surface area contributed by atoms with Crippen molar-refractivity contribution >= 4 is 16.0 Å². The van der Waals surface area contributed by atoms with E-state index >= 15 is 0 Å². The number of rotatable bonds is 2. The van der Waals surface area contributed by atoms with E-state index < -0.39 is 20.7 Å². The Balaban J connectivity index is 4.95. The molecule has 0 aliphatic rings. The van der Waals surface area contributed by atoms with Gasteiger partial charge in [-0.25, -0.2) is 13.6 Å². The normalized spacial score (nSPS) is 13.1. The van der Waals surface area contributed by atoms with Gasteiger partial charge in [-0.3, -0.25) is 4.79 Å². The van der Waals surface area contributed by atoms with Crippen molar-refractivity contribution < 1.29 is 18.3 Å². The zero-order valence-corrected chi connectivity index (χ0v) is 6.47. The quantitative estimate of drug-likeness (QED) is 0.559. The molecule has 0 spiro atoms. The third kappa shape index (κ3) is 1.45. The van der Waals surface area contributed by atoms with Crippen LogP contribution in [0.15, 0.2) is 0 Å². The molecule has 0 aliphatic carbocycles. The number of aliphatic carboxylic acids is 1. The van der Waals surface area contributed by atoms with E-state index in [1.54, 1.807) is 0 Å². The molecule has 0 aliphatic heterocycles. The first-order valence-corrected chi connectivity index (χ1v) is 4.00. The average Bonchev–Trinajstić information content (AvgIpc) is 1.62. The van der Waals surface area contributed by atoms with E-state index in [-0.39, 0.29) is 0 Å². The van der Waals surface area contributed by atoms with Gasteiger partial charge in [0.2, 0.25) is 10.0 Å². The highest BCUT2D eigenvalue weighted by Gasteiger charge is 2.39. The van der Waals surface area contributed by atoms with E-state index in [1.165, 1.54) is 0 Å². The van der Waals surface area contributed by atoms with E-state index in [1.807, 2.05) is 0 Å². The number of carboxylic acids is 1. The van der Waals surface area contributed by atoms with Gasteiger partial charge in [0.1, 0.15) is 0 Å². The fourth-order valence-electron chi connectivity index (χ4n) is 0.122. The summed E-state index contributed by atoms with van der Waals surface area (Å²) in [5.74, 6) is -1.45. The molecule has 0 radical (unpaired) electrons. The Morgan fingerprint density at radius 3 is 1.80 bits per heavy atom. The smallest absolute Gasteiger partial charge is 0.325 e. The largest absolute Gasteiger partial charge is 0.480 e. The molecule has 0 aromatic carbocycles. The maximum absolute atomic E-state index is 10.5. The van der Waals surface area contributed by atoms with Gasteiger partial charge in [0.05, 0.1) is 0 Å². The molecule has 0 unspecified atom stereocenters. The van der Waals surface area contributed by atoms with Crippen LogP contribution in [0.4, 0.5) is 0 Å². The molecule has 0 saturated heterocycles. The molecule has 0 heterocycles. The van der Waals surface area contributed by atoms with Crippen molar-refractivity contribution in [1.29, 1.82) is 0 Å². The predicted octanol–water partition coefficient (Wildman–Crippen LogP) is -0.862. The van der Waals surface area contributed by atoms with E-state index in [9.17, 15) is 13.2 Å². The summed E-state index contributed by atoms with van der Waals surface area (Å²) in [6, 6.07) is 0. The molecule has 0 amide bonds. The Labute approximate surface area is 58.9 Å². The van der Waals surface area contributed by atoms with Gasteiger partial charge in [-0.05, 0) is 13.8 Å². The second kappa shape index (κ2) is 2.21. The number of primary sulfonamides is 1. The molecule has 0 aromatic heterocycles. The third-order valence-electron chi connectivity index (χ3n) is 1.23. The van der Waals surface area contributed by atoms with Crippen molar-refractivity contribution in [3.63, 3.8) is 0 Å². The van der Waals surface area contributed by atoms with Gasteiger partial charge in [0.15, 0.2) is 4.75 Å². The molecule has 3 N–H and O–H groups in total. The second-order valence-corrected chi connectivity index (χ2v) is 4.47. The van der Waals surface area contributed by atoms with Crippen LogP contribution in [-0.2, 0) is 14.8 Å². The number of nitrogens with two attached hydrogens (primary N) is 1. The van der Waals surface area contributed by atoms with Crippen LogP contribution in [0.3, 0.4) is 0 Å². The number of hydrogen-bond donors (Lipinski definition) is 2. The summed E-state index contributed by atoms with van der Waals surface area (Å²) in [7, 11) is -4.00. The molecule has 10 heavy (non-hydrogen) atoms. The molecule has 0 rings (SSSR count). The van der Waals surface area contributed by atoms with Crippen LogP contribution >= 0.6 is 0 Å². The first kappa shape index (κ1) is 9.38. The molecule has 60 valence electrons. The van der Waals surface area contributed by atoms with Crippen LogP contribution in [0.1, 0.15) is 13.8 Å². The van der Waals surface area contributed by atoms with Gasteiger partial charge in [-0.15, -0.1) is 0 Å². The Kier molecular flexibility index (Phi) is 2.07. The zero-order chi connectivity index (χ0) is 8.58.